The summed E-state index contributed by atoms with van der Waals surface area (Å²) < 4.78 is 30.7. The van der Waals surface area contributed by atoms with E-state index in [2.05, 4.69) is 11.9 Å². The molecule has 0 aromatic rings. The molecule has 0 radical (unpaired) electrons. The smallest absolute Gasteiger partial charge is 0.120 e. The van der Waals surface area contributed by atoms with Crippen molar-refractivity contribution in [2.45, 2.75) is 67.0 Å². The van der Waals surface area contributed by atoms with Gasteiger partial charge in [0.1, 0.15) is 23.4 Å². The molecule has 0 unspecified atom stereocenters. The number of fused-ring (bicyclic) bond motifs is 2. The van der Waals surface area contributed by atoms with E-state index in [1.807, 2.05) is 0 Å². The van der Waals surface area contributed by atoms with Crippen LogP contribution in [-0.4, -0.2) is 124 Å². The van der Waals surface area contributed by atoms with Crippen molar-refractivity contribution >= 4 is 0 Å². The Labute approximate surface area is 201 Å². The standard InChI is InChI=1S/C25H41NO8/c1-26-10-22(11-30-2)8-7-13(31-3)24-12-9-23(29)19(27)14(12)25(34-6,20(28)21(23)33-5)15(18(24)26)16(32-4)17(22)24/h12-21,27-29H,7-11H2,1-6H3/t12-,13+,14-,15+,16+,17-,18-,19-,20+,21+,22+,23+,24+,25-/m1/s1. The molecule has 0 amide bonds. The van der Waals surface area contributed by atoms with Gasteiger partial charge in [0.05, 0.1) is 24.9 Å². The van der Waals surface area contributed by atoms with Gasteiger partial charge in [-0.3, -0.25) is 0 Å². The van der Waals surface area contributed by atoms with Gasteiger partial charge < -0.3 is 43.9 Å². The molecule has 7 bridgehead atoms. The fourth-order valence-corrected chi connectivity index (χ4v) is 11.3. The largest absolute Gasteiger partial charge is 0.390 e. The summed E-state index contributed by atoms with van der Waals surface area (Å²) in [7, 11) is 10.6. The third-order valence-electron chi connectivity index (χ3n) is 11.6. The molecule has 0 aromatic heterocycles. The lowest BCUT2D eigenvalue weighted by Crippen LogP contribution is -2.80. The van der Waals surface area contributed by atoms with Gasteiger partial charge in [0.2, 0.25) is 0 Å². The van der Waals surface area contributed by atoms with E-state index >= 15 is 0 Å². The SMILES string of the molecule is COC[C@@]12CC[C@H](OC)[C@@]34[C@@H]5C[C@]6(O)[C@H](O)[C@@H]5[C@@](OC)([C@@H]([C@H](OC)[C@H]13)[C@H]4N(C)C2)[C@@H](O)[C@@H]6OC. The second-order valence-corrected chi connectivity index (χ2v) is 12.1. The number of aliphatic hydroxyl groups excluding tert-OH is 2. The number of aliphatic hydroxyl groups is 3. The molecule has 3 N–H and O–H groups in total. The quantitative estimate of drug-likeness (QED) is 0.461. The molecule has 9 heteroatoms. The molecule has 194 valence electrons. The van der Waals surface area contributed by atoms with Crippen molar-refractivity contribution in [2.75, 3.05) is 55.7 Å². The van der Waals surface area contributed by atoms with E-state index in [1.165, 1.54) is 7.11 Å². The summed E-state index contributed by atoms with van der Waals surface area (Å²) in [6.45, 7) is 1.46. The summed E-state index contributed by atoms with van der Waals surface area (Å²) in [5.41, 5.74) is -3.23. The van der Waals surface area contributed by atoms with Crippen LogP contribution in [0.4, 0.5) is 0 Å². The number of likely N-dealkylation sites (tertiary alicyclic amines) is 1. The summed E-state index contributed by atoms with van der Waals surface area (Å²) in [6.07, 6.45) is -1.28. The topological polar surface area (TPSA) is 110 Å². The van der Waals surface area contributed by atoms with Crippen LogP contribution >= 0.6 is 0 Å². The summed E-state index contributed by atoms with van der Waals surface area (Å²) in [4.78, 5) is 2.41. The second kappa shape index (κ2) is 7.36. The lowest BCUT2D eigenvalue weighted by atomic mass is 9.43. The van der Waals surface area contributed by atoms with E-state index in [0.717, 1.165) is 19.4 Å². The molecule has 6 aliphatic rings. The van der Waals surface area contributed by atoms with Crippen LogP contribution in [0.5, 0.6) is 0 Å². The summed E-state index contributed by atoms with van der Waals surface area (Å²) in [5.74, 6) is -0.758. The predicted molar refractivity (Wildman–Crippen MR) is 120 cm³/mol. The Morgan fingerprint density at radius 2 is 1.71 bits per heavy atom. The van der Waals surface area contributed by atoms with Gasteiger partial charge in [-0.05, 0) is 32.2 Å². The molecule has 6 rings (SSSR count). The van der Waals surface area contributed by atoms with Gasteiger partial charge in [-0.2, -0.15) is 0 Å². The van der Waals surface area contributed by atoms with Crippen LogP contribution in [0.25, 0.3) is 0 Å². The van der Waals surface area contributed by atoms with Gasteiger partial charge in [-0.1, -0.05) is 0 Å². The zero-order chi connectivity index (χ0) is 24.4. The summed E-state index contributed by atoms with van der Waals surface area (Å²) >= 11 is 0. The Hall–Kier alpha value is -0.360. The molecule has 0 aromatic carbocycles. The van der Waals surface area contributed by atoms with E-state index in [-0.39, 0.29) is 46.8 Å². The lowest BCUT2D eigenvalue weighted by molar-refractivity contribution is -0.320. The maximum absolute atomic E-state index is 11.9. The second-order valence-electron chi connectivity index (χ2n) is 12.1. The number of methoxy groups -OCH3 is 5. The molecule has 5 aliphatic carbocycles. The highest BCUT2D eigenvalue weighted by molar-refractivity contribution is 5.39. The first kappa shape index (κ1) is 24.0. The highest BCUT2D eigenvalue weighted by atomic mass is 16.5. The molecule has 1 heterocycles. The van der Waals surface area contributed by atoms with Crippen LogP contribution in [0.2, 0.25) is 0 Å². The first-order valence-corrected chi connectivity index (χ1v) is 12.6. The molecule has 1 saturated heterocycles. The Morgan fingerprint density at radius 3 is 2.29 bits per heavy atom. The minimum atomic E-state index is -1.56. The van der Waals surface area contributed by atoms with E-state index in [4.69, 9.17) is 23.7 Å². The summed E-state index contributed by atoms with van der Waals surface area (Å²) in [6, 6.07) is -0.00122. The zero-order valence-corrected chi connectivity index (χ0v) is 21.1. The van der Waals surface area contributed by atoms with E-state index in [1.54, 1.807) is 28.4 Å². The van der Waals surface area contributed by atoms with Crippen molar-refractivity contribution in [2.24, 2.45) is 34.5 Å². The number of piperidine rings is 1. The highest BCUT2D eigenvalue weighted by Gasteiger charge is 2.90. The van der Waals surface area contributed by atoms with E-state index in [0.29, 0.717) is 13.0 Å². The van der Waals surface area contributed by atoms with Crippen molar-refractivity contribution in [1.82, 2.24) is 4.90 Å². The van der Waals surface area contributed by atoms with Crippen molar-refractivity contribution in [1.29, 1.82) is 0 Å². The molecular formula is C25H41NO8. The first-order chi connectivity index (χ1) is 16.2. The predicted octanol–water partition coefficient (Wildman–Crippen LogP) is -0.494. The summed E-state index contributed by atoms with van der Waals surface area (Å²) in [5, 5.41) is 35.5. The molecule has 5 saturated carbocycles. The minimum Gasteiger partial charge on any atom is -0.390 e. The van der Waals surface area contributed by atoms with Gasteiger partial charge in [0.15, 0.2) is 0 Å². The average molecular weight is 484 g/mol. The monoisotopic (exact) mass is 483 g/mol. The van der Waals surface area contributed by atoms with Gasteiger partial charge >= 0.3 is 0 Å². The molecule has 6 fully saturated rings. The number of ether oxygens (including phenoxy) is 5. The van der Waals surface area contributed by atoms with Gasteiger partial charge in [0.25, 0.3) is 0 Å². The third-order valence-corrected chi connectivity index (χ3v) is 11.6. The van der Waals surface area contributed by atoms with Crippen molar-refractivity contribution < 1.29 is 39.0 Å². The van der Waals surface area contributed by atoms with E-state index < -0.39 is 35.4 Å². The normalized spacial score (nSPS) is 61.7. The Morgan fingerprint density at radius 1 is 0.971 bits per heavy atom. The van der Waals surface area contributed by atoms with Crippen LogP contribution < -0.4 is 0 Å². The van der Waals surface area contributed by atoms with Crippen molar-refractivity contribution in [3.8, 4) is 0 Å². The number of rotatable bonds is 6. The number of hydrogen-bond acceptors (Lipinski definition) is 9. The maximum Gasteiger partial charge on any atom is 0.120 e. The lowest BCUT2D eigenvalue weighted by Gasteiger charge is -2.69. The molecule has 14 atom stereocenters. The number of hydrogen-bond donors (Lipinski definition) is 3. The van der Waals surface area contributed by atoms with Crippen LogP contribution in [0.15, 0.2) is 0 Å². The Kier molecular flexibility index (Phi) is 5.19. The van der Waals surface area contributed by atoms with E-state index in [9.17, 15) is 15.3 Å². The van der Waals surface area contributed by atoms with Gasteiger partial charge in [-0.25, -0.2) is 0 Å². The highest BCUT2D eigenvalue weighted by Crippen LogP contribution is 2.80. The molecule has 1 aliphatic heterocycles. The Balaban J connectivity index is 1.68. The van der Waals surface area contributed by atoms with Crippen LogP contribution in [-0.2, 0) is 23.7 Å². The minimum absolute atomic E-state index is 0.00122. The molecular weight excluding hydrogens is 442 g/mol. The van der Waals surface area contributed by atoms with Crippen LogP contribution in [0, 0.1) is 34.5 Å². The molecule has 9 nitrogen and oxygen atoms in total. The Bertz CT molecular complexity index is 846. The zero-order valence-electron chi connectivity index (χ0n) is 21.1. The fourth-order valence-electron chi connectivity index (χ4n) is 11.3. The third kappa shape index (κ3) is 2.18. The van der Waals surface area contributed by atoms with Crippen molar-refractivity contribution in [3.05, 3.63) is 0 Å². The number of nitrogens with zero attached hydrogens (tertiary/aromatic N) is 1. The first-order valence-electron chi connectivity index (χ1n) is 12.6. The van der Waals surface area contributed by atoms with Crippen molar-refractivity contribution in [3.63, 3.8) is 0 Å². The fraction of sp³-hybridized carbons (Fsp3) is 1.00. The van der Waals surface area contributed by atoms with Crippen LogP contribution in [0.3, 0.4) is 0 Å². The molecule has 34 heavy (non-hydrogen) atoms. The average Bonchev–Trinajstić information content (AvgIpc) is 3.17. The van der Waals surface area contributed by atoms with Gasteiger partial charge in [-0.15, -0.1) is 0 Å². The maximum atomic E-state index is 11.9. The molecule has 1 spiro atoms. The van der Waals surface area contributed by atoms with Gasteiger partial charge in [0, 0.05) is 76.7 Å². The van der Waals surface area contributed by atoms with Crippen LogP contribution in [0.1, 0.15) is 19.3 Å².